The number of aliphatic hydroxyl groups is 1. The average Bonchev–Trinajstić information content (AvgIpc) is 3.20. The Morgan fingerprint density at radius 2 is 1.95 bits per heavy atom. The molecule has 1 fully saturated rings. The zero-order valence-corrected chi connectivity index (χ0v) is 22.4. The number of aromatic nitrogens is 4. The van der Waals surface area contributed by atoms with Gasteiger partial charge in [-0.3, -0.25) is 19.0 Å². The van der Waals surface area contributed by atoms with Crippen molar-refractivity contribution >= 4 is 28.4 Å². The number of carbonyl (C=O) groups is 1. The fourth-order valence-corrected chi connectivity index (χ4v) is 5.15. The summed E-state index contributed by atoms with van der Waals surface area (Å²) >= 11 is 0. The van der Waals surface area contributed by atoms with E-state index in [9.17, 15) is 23.5 Å². The number of aliphatic hydroxyl groups excluding tert-OH is 1. The van der Waals surface area contributed by atoms with Gasteiger partial charge in [0.2, 0.25) is 11.9 Å². The lowest BCUT2D eigenvalue weighted by atomic mass is 10.0. The Morgan fingerprint density at radius 1 is 1.22 bits per heavy atom. The molecular weight excluding hydrogens is 536 g/mol. The lowest BCUT2D eigenvalue weighted by molar-refractivity contribution is -0.136. The number of piperazine rings is 1. The Morgan fingerprint density at radius 3 is 2.61 bits per heavy atom. The maximum Gasteiger partial charge on any atom is 0.387 e. The van der Waals surface area contributed by atoms with E-state index < -0.39 is 13.2 Å². The van der Waals surface area contributed by atoms with Gasteiger partial charge in [-0.05, 0) is 30.7 Å². The van der Waals surface area contributed by atoms with Crippen LogP contribution in [0.4, 0.5) is 20.4 Å². The van der Waals surface area contributed by atoms with E-state index in [2.05, 4.69) is 19.5 Å². The molecule has 0 saturated carbocycles. The van der Waals surface area contributed by atoms with E-state index in [1.165, 1.54) is 16.8 Å². The number of hydrogen-bond donors (Lipinski definition) is 1. The fraction of sp³-hybridized carbons (Fsp3) is 0.321. The largest absolute Gasteiger partial charge is 0.434 e. The summed E-state index contributed by atoms with van der Waals surface area (Å²) in [6.07, 6.45) is 3.20. The predicted molar refractivity (Wildman–Crippen MR) is 147 cm³/mol. The molecule has 5 rings (SSSR count). The molecule has 11 nitrogen and oxygen atoms in total. The third-order valence-electron chi connectivity index (χ3n) is 7.22. The average molecular weight is 564 g/mol. The molecular formula is C28H27F2N7O4. The summed E-state index contributed by atoms with van der Waals surface area (Å²) in [6, 6.07) is 9.48. The molecule has 0 unspecified atom stereocenters. The minimum atomic E-state index is -2.99. The lowest BCUT2D eigenvalue weighted by Crippen LogP contribution is -2.55. The Hall–Kier alpha value is -4.83. The topological polar surface area (TPSA) is 110 Å². The number of nitrogens with zero attached hydrogens (tertiary/aromatic N) is 7. The number of halogens is 2. The van der Waals surface area contributed by atoms with Crippen LogP contribution in [-0.2, 0) is 18.4 Å². The molecule has 0 radical (unpaired) electrons. The van der Waals surface area contributed by atoms with Crippen molar-refractivity contribution < 1.29 is 23.4 Å². The number of fused-ring (bicyclic) bond motifs is 1. The fourth-order valence-electron chi connectivity index (χ4n) is 5.15. The Kier molecular flexibility index (Phi) is 7.67. The van der Waals surface area contributed by atoms with Gasteiger partial charge in [0.15, 0.2) is 5.69 Å². The highest BCUT2D eigenvalue weighted by Gasteiger charge is 2.28. The SMILES string of the molecule is [C-]#[N+]c1cc2c(=O)n(C)n(Cc3ccccc3OC(F)F)c2cc1-c1cnc(N2CCN(C(=O)CO)[C@H](C)C2)nc1. The third-order valence-corrected chi connectivity index (χ3v) is 7.22. The van der Waals surface area contributed by atoms with Crippen LogP contribution in [0.1, 0.15) is 12.5 Å². The first-order valence-electron chi connectivity index (χ1n) is 12.8. The zero-order chi connectivity index (χ0) is 29.3. The second-order valence-corrected chi connectivity index (χ2v) is 9.68. The van der Waals surface area contributed by atoms with Crippen molar-refractivity contribution in [2.75, 3.05) is 31.1 Å². The highest BCUT2D eigenvalue weighted by Crippen LogP contribution is 2.34. The van der Waals surface area contributed by atoms with Crippen molar-refractivity contribution in [3.8, 4) is 16.9 Å². The number of ether oxygens (including phenoxy) is 1. The molecule has 1 saturated heterocycles. The Labute approximate surface area is 233 Å². The molecule has 1 atom stereocenters. The van der Waals surface area contributed by atoms with Crippen molar-refractivity contribution in [3.05, 3.63) is 76.1 Å². The van der Waals surface area contributed by atoms with E-state index in [0.29, 0.717) is 53.2 Å². The summed E-state index contributed by atoms with van der Waals surface area (Å²) in [6.45, 7) is 7.60. The summed E-state index contributed by atoms with van der Waals surface area (Å²) in [5, 5.41) is 9.50. The van der Waals surface area contributed by atoms with Crippen molar-refractivity contribution in [3.63, 3.8) is 0 Å². The minimum Gasteiger partial charge on any atom is -0.434 e. The van der Waals surface area contributed by atoms with Crippen LogP contribution in [0, 0.1) is 6.57 Å². The molecule has 13 heteroatoms. The summed E-state index contributed by atoms with van der Waals surface area (Å²) < 4.78 is 33.7. The highest BCUT2D eigenvalue weighted by atomic mass is 19.3. The van der Waals surface area contributed by atoms with E-state index in [4.69, 9.17) is 6.57 Å². The first-order chi connectivity index (χ1) is 19.7. The molecule has 41 heavy (non-hydrogen) atoms. The van der Waals surface area contributed by atoms with E-state index in [-0.39, 0.29) is 35.5 Å². The van der Waals surface area contributed by atoms with Gasteiger partial charge in [-0.2, -0.15) is 8.78 Å². The van der Waals surface area contributed by atoms with Crippen LogP contribution in [0.15, 0.2) is 53.6 Å². The standard InChI is InChI=1S/C28H27F2N7O4/c1-17-14-35(8-9-36(17)25(39)16-38)28-32-12-19(13-33-28)20-11-23-21(10-22(20)31-2)26(40)34(3)37(23)15-18-6-4-5-7-24(18)41-27(29)30/h4-7,10-13,17,27,38H,8-9,14-16H2,1,3H3/t17-/m1/s1. The molecule has 3 heterocycles. The number of para-hydroxylation sites is 1. The number of hydrogen-bond acceptors (Lipinski definition) is 7. The molecule has 1 N–H and O–H groups in total. The lowest BCUT2D eigenvalue weighted by Gasteiger charge is -2.39. The molecule has 1 amide bonds. The van der Waals surface area contributed by atoms with Crippen molar-refractivity contribution in [2.24, 2.45) is 7.05 Å². The number of carbonyl (C=O) groups excluding carboxylic acids is 1. The van der Waals surface area contributed by atoms with Crippen LogP contribution < -0.4 is 15.2 Å². The van der Waals surface area contributed by atoms with Gasteiger partial charge in [-0.25, -0.2) is 14.8 Å². The van der Waals surface area contributed by atoms with Gasteiger partial charge in [-0.15, -0.1) is 0 Å². The first kappa shape index (κ1) is 27.7. The van der Waals surface area contributed by atoms with Crippen LogP contribution in [0.25, 0.3) is 26.9 Å². The van der Waals surface area contributed by atoms with E-state index >= 15 is 0 Å². The summed E-state index contributed by atoms with van der Waals surface area (Å²) in [7, 11) is 1.57. The molecule has 2 aromatic heterocycles. The minimum absolute atomic E-state index is 0.00895. The summed E-state index contributed by atoms with van der Waals surface area (Å²) in [5.41, 5.74) is 1.96. The van der Waals surface area contributed by atoms with Crippen LogP contribution >= 0.6 is 0 Å². The number of benzene rings is 2. The second-order valence-electron chi connectivity index (χ2n) is 9.68. The van der Waals surface area contributed by atoms with Crippen LogP contribution in [0.2, 0.25) is 0 Å². The Bertz CT molecular complexity index is 1690. The molecule has 1 aliphatic heterocycles. The van der Waals surface area contributed by atoms with Gasteiger partial charge < -0.3 is 19.6 Å². The molecule has 0 aliphatic carbocycles. The zero-order valence-electron chi connectivity index (χ0n) is 22.4. The normalized spacial score (nSPS) is 15.4. The van der Waals surface area contributed by atoms with E-state index in [1.807, 2.05) is 11.8 Å². The number of amides is 1. The monoisotopic (exact) mass is 563 g/mol. The second kappa shape index (κ2) is 11.3. The predicted octanol–water partition coefficient (Wildman–Crippen LogP) is 3.03. The van der Waals surface area contributed by atoms with E-state index in [0.717, 1.165) is 0 Å². The third kappa shape index (κ3) is 5.33. The Balaban J connectivity index is 1.49. The highest BCUT2D eigenvalue weighted by molar-refractivity contribution is 5.92. The molecule has 212 valence electrons. The summed E-state index contributed by atoms with van der Waals surface area (Å²) in [4.78, 5) is 41.2. The molecule has 0 spiro atoms. The van der Waals surface area contributed by atoms with Crippen LogP contribution in [0.5, 0.6) is 5.75 Å². The van der Waals surface area contributed by atoms with Gasteiger partial charge in [0, 0.05) is 56.2 Å². The van der Waals surface area contributed by atoms with Crippen molar-refractivity contribution in [2.45, 2.75) is 26.1 Å². The maximum atomic E-state index is 13.1. The number of anilines is 1. The van der Waals surface area contributed by atoms with E-state index in [1.54, 1.807) is 53.3 Å². The maximum absolute atomic E-state index is 13.1. The van der Waals surface area contributed by atoms with Gasteiger partial charge in [0.05, 0.1) is 24.0 Å². The van der Waals surface area contributed by atoms with Crippen molar-refractivity contribution in [1.82, 2.24) is 24.2 Å². The quantitative estimate of drug-likeness (QED) is 0.344. The smallest absolute Gasteiger partial charge is 0.387 e. The number of rotatable bonds is 7. The number of alkyl halides is 2. The van der Waals surface area contributed by atoms with Crippen LogP contribution in [-0.4, -0.2) is 74.1 Å². The summed E-state index contributed by atoms with van der Waals surface area (Å²) in [5.74, 6) is 0.156. The molecule has 1 aliphatic rings. The first-order valence-corrected chi connectivity index (χ1v) is 12.8. The molecule has 4 aromatic rings. The molecule has 2 aromatic carbocycles. The molecule has 0 bridgehead atoms. The van der Waals surface area contributed by atoms with Crippen LogP contribution in [0.3, 0.4) is 0 Å². The van der Waals surface area contributed by atoms with Gasteiger partial charge in [0.25, 0.3) is 5.56 Å². The van der Waals surface area contributed by atoms with Gasteiger partial charge >= 0.3 is 6.61 Å². The van der Waals surface area contributed by atoms with Gasteiger partial charge in [0.1, 0.15) is 12.4 Å². The van der Waals surface area contributed by atoms with Crippen molar-refractivity contribution in [1.29, 1.82) is 0 Å². The van der Waals surface area contributed by atoms with Gasteiger partial charge in [-0.1, -0.05) is 18.2 Å².